The van der Waals surface area contributed by atoms with Crippen LogP contribution in [0.1, 0.15) is 49.8 Å². The van der Waals surface area contributed by atoms with Gasteiger partial charge in [-0.25, -0.2) is 9.07 Å². The van der Waals surface area contributed by atoms with Gasteiger partial charge in [0.2, 0.25) is 11.8 Å². The van der Waals surface area contributed by atoms with Crippen molar-refractivity contribution in [3.05, 3.63) is 70.6 Å². The summed E-state index contributed by atoms with van der Waals surface area (Å²) >= 11 is 6.08. The maximum Gasteiger partial charge on any atom is 0.227 e. The number of carbonyl (C=O) groups excluding carboxylic acids is 1. The number of aryl methyl sites for hydroxylation is 1. The van der Waals surface area contributed by atoms with Crippen molar-refractivity contribution in [1.29, 1.82) is 0 Å². The van der Waals surface area contributed by atoms with Crippen LogP contribution in [0.3, 0.4) is 0 Å². The Labute approximate surface area is 198 Å². The second kappa shape index (κ2) is 9.18. The van der Waals surface area contributed by atoms with Gasteiger partial charge in [-0.3, -0.25) is 4.79 Å². The lowest BCUT2D eigenvalue weighted by Gasteiger charge is -2.26. The van der Waals surface area contributed by atoms with Gasteiger partial charge in [0.05, 0.1) is 23.5 Å². The largest absolute Gasteiger partial charge is 0.438 e. The summed E-state index contributed by atoms with van der Waals surface area (Å²) in [6.07, 6.45) is 6.24. The highest BCUT2D eigenvalue weighted by molar-refractivity contribution is 6.30. The van der Waals surface area contributed by atoms with Crippen LogP contribution in [0.2, 0.25) is 5.02 Å². The fourth-order valence-electron chi connectivity index (χ4n) is 4.58. The third-order valence-electron chi connectivity index (χ3n) is 6.52. The number of hydrogen-bond acceptors (Lipinski definition) is 3. The van der Waals surface area contributed by atoms with Gasteiger partial charge in [-0.15, -0.1) is 0 Å². The standard InChI is InChI=1S/C26H27ClFN3O2/c1-17-24(16-30(21-13-14-21)25(32)18-5-2-3-6-18)26(33-23-8-4-7-20(28)15-23)31(29-17)22-11-9-19(27)10-12-22/h4,7-12,15,18,21H,2-3,5-6,13-14,16H2,1H3. The number of nitrogens with zero attached hydrogens (tertiary/aromatic N) is 3. The van der Waals surface area contributed by atoms with Gasteiger partial charge in [0.25, 0.3) is 0 Å². The van der Waals surface area contributed by atoms with E-state index in [1.165, 1.54) is 12.1 Å². The van der Waals surface area contributed by atoms with Crippen molar-refractivity contribution in [1.82, 2.24) is 14.7 Å². The van der Waals surface area contributed by atoms with Gasteiger partial charge in [0, 0.05) is 23.0 Å². The van der Waals surface area contributed by atoms with Crippen LogP contribution < -0.4 is 4.74 Å². The lowest BCUT2D eigenvalue weighted by Crippen LogP contribution is -2.36. The Hall–Kier alpha value is -2.86. The molecule has 1 amide bonds. The monoisotopic (exact) mass is 467 g/mol. The van der Waals surface area contributed by atoms with Crippen molar-refractivity contribution in [2.75, 3.05) is 0 Å². The third kappa shape index (κ3) is 4.76. The van der Waals surface area contributed by atoms with E-state index in [9.17, 15) is 9.18 Å². The second-order valence-electron chi connectivity index (χ2n) is 9.00. The van der Waals surface area contributed by atoms with Crippen molar-refractivity contribution < 1.29 is 13.9 Å². The van der Waals surface area contributed by atoms with E-state index in [-0.39, 0.29) is 23.7 Å². The number of carbonyl (C=O) groups is 1. The molecule has 2 aliphatic carbocycles. The minimum atomic E-state index is -0.376. The maximum atomic E-state index is 13.9. The Kier molecular flexibility index (Phi) is 6.11. The number of rotatable bonds is 7. The Balaban J connectivity index is 1.53. The molecule has 3 aromatic rings. The predicted molar refractivity (Wildman–Crippen MR) is 125 cm³/mol. The van der Waals surface area contributed by atoms with Crippen LogP contribution in [0.5, 0.6) is 11.6 Å². The van der Waals surface area contributed by atoms with E-state index in [4.69, 9.17) is 21.4 Å². The summed E-state index contributed by atoms with van der Waals surface area (Å²) in [5.41, 5.74) is 2.40. The molecule has 0 bridgehead atoms. The number of amides is 1. The number of halogens is 2. The molecule has 0 spiro atoms. The van der Waals surface area contributed by atoms with Gasteiger partial charge in [-0.2, -0.15) is 5.10 Å². The first-order chi connectivity index (χ1) is 16.0. The van der Waals surface area contributed by atoms with Crippen LogP contribution in [0.25, 0.3) is 5.69 Å². The van der Waals surface area contributed by atoms with Crippen LogP contribution >= 0.6 is 11.6 Å². The zero-order valence-corrected chi connectivity index (χ0v) is 19.4. The molecule has 0 N–H and O–H groups in total. The highest BCUT2D eigenvalue weighted by Crippen LogP contribution is 2.37. The molecule has 2 aliphatic rings. The second-order valence-corrected chi connectivity index (χ2v) is 9.43. The first kappa shape index (κ1) is 22.0. The molecule has 0 saturated heterocycles. The minimum Gasteiger partial charge on any atom is -0.438 e. The summed E-state index contributed by atoms with van der Waals surface area (Å²) < 4.78 is 21.8. The Bertz CT molecular complexity index is 1150. The third-order valence-corrected chi connectivity index (χ3v) is 6.77. The highest BCUT2D eigenvalue weighted by atomic mass is 35.5. The summed E-state index contributed by atoms with van der Waals surface area (Å²) in [4.78, 5) is 15.4. The molecule has 5 nitrogen and oxygen atoms in total. The smallest absolute Gasteiger partial charge is 0.227 e. The number of hydrogen-bond donors (Lipinski definition) is 0. The molecule has 33 heavy (non-hydrogen) atoms. The molecule has 2 fully saturated rings. The lowest BCUT2D eigenvalue weighted by atomic mass is 10.1. The maximum absolute atomic E-state index is 13.9. The molecule has 2 saturated carbocycles. The van der Waals surface area contributed by atoms with Gasteiger partial charge in [-0.05, 0) is 69.0 Å². The van der Waals surface area contributed by atoms with Crippen molar-refractivity contribution in [3.8, 4) is 17.3 Å². The fraction of sp³-hybridized carbons (Fsp3) is 0.385. The molecule has 2 aromatic carbocycles. The summed E-state index contributed by atoms with van der Waals surface area (Å²) in [5, 5.41) is 5.36. The first-order valence-corrected chi connectivity index (χ1v) is 12.0. The van der Waals surface area contributed by atoms with Crippen molar-refractivity contribution >= 4 is 17.5 Å². The zero-order chi connectivity index (χ0) is 22.9. The molecular formula is C26H27ClFN3O2. The number of aromatic nitrogens is 2. The fourth-order valence-corrected chi connectivity index (χ4v) is 4.70. The van der Waals surface area contributed by atoms with E-state index in [1.54, 1.807) is 28.9 Å². The Morgan fingerprint density at radius 3 is 2.55 bits per heavy atom. The summed E-state index contributed by atoms with van der Waals surface area (Å²) in [6.45, 7) is 2.36. The summed E-state index contributed by atoms with van der Waals surface area (Å²) in [7, 11) is 0. The molecule has 7 heteroatoms. The van der Waals surface area contributed by atoms with E-state index in [0.717, 1.165) is 55.5 Å². The molecule has 0 atom stereocenters. The summed E-state index contributed by atoms with van der Waals surface area (Å²) in [6, 6.07) is 13.6. The average molecular weight is 468 g/mol. The van der Waals surface area contributed by atoms with Crippen LogP contribution in [0, 0.1) is 18.7 Å². The lowest BCUT2D eigenvalue weighted by molar-refractivity contribution is -0.136. The first-order valence-electron chi connectivity index (χ1n) is 11.6. The highest BCUT2D eigenvalue weighted by Gasteiger charge is 2.38. The van der Waals surface area contributed by atoms with E-state index >= 15 is 0 Å². The molecule has 172 valence electrons. The van der Waals surface area contributed by atoms with Crippen LogP contribution in [0.4, 0.5) is 4.39 Å². The Morgan fingerprint density at radius 2 is 1.88 bits per heavy atom. The van der Waals surface area contributed by atoms with Crippen LogP contribution in [-0.2, 0) is 11.3 Å². The van der Waals surface area contributed by atoms with Crippen molar-refractivity contribution in [2.45, 2.75) is 58.0 Å². The zero-order valence-electron chi connectivity index (χ0n) is 18.6. The Morgan fingerprint density at radius 1 is 1.15 bits per heavy atom. The number of ether oxygens (including phenoxy) is 1. The van der Waals surface area contributed by atoms with E-state index in [1.807, 2.05) is 24.0 Å². The van der Waals surface area contributed by atoms with Gasteiger partial charge in [0.1, 0.15) is 11.6 Å². The molecular weight excluding hydrogens is 441 g/mol. The number of benzene rings is 2. The van der Waals surface area contributed by atoms with Crippen molar-refractivity contribution in [2.24, 2.45) is 5.92 Å². The minimum absolute atomic E-state index is 0.116. The quantitative estimate of drug-likeness (QED) is 0.401. The summed E-state index contributed by atoms with van der Waals surface area (Å²) in [5.74, 6) is 0.853. The van der Waals surface area contributed by atoms with Gasteiger partial charge in [-0.1, -0.05) is 30.5 Å². The molecule has 0 radical (unpaired) electrons. The van der Waals surface area contributed by atoms with E-state index in [2.05, 4.69) is 0 Å². The van der Waals surface area contributed by atoms with Crippen LogP contribution in [0.15, 0.2) is 48.5 Å². The van der Waals surface area contributed by atoms with E-state index < -0.39 is 0 Å². The van der Waals surface area contributed by atoms with E-state index in [0.29, 0.717) is 23.2 Å². The molecule has 0 aliphatic heterocycles. The predicted octanol–water partition coefficient (Wildman–Crippen LogP) is 6.45. The normalized spacial score (nSPS) is 16.2. The van der Waals surface area contributed by atoms with Crippen molar-refractivity contribution in [3.63, 3.8) is 0 Å². The molecule has 0 unspecified atom stereocenters. The molecule has 1 heterocycles. The van der Waals surface area contributed by atoms with Gasteiger partial charge >= 0.3 is 0 Å². The SMILES string of the molecule is Cc1nn(-c2ccc(Cl)cc2)c(Oc2cccc(F)c2)c1CN(C(=O)C1CCCC1)C1CC1. The molecule has 5 rings (SSSR count). The van der Waals surface area contributed by atoms with Gasteiger partial charge in [0.15, 0.2) is 0 Å². The topological polar surface area (TPSA) is 47.4 Å². The van der Waals surface area contributed by atoms with Gasteiger partial charge < -0.3 is 9.64 Å². The average Bonchev–Trinajstić information content (AvgIpc) is 3.39. The molecule has 1 aromatic heterocycles. The van der Waals surface area contributed by atoms with Crippen LogP contribution in [-0.4, -0.2) is 26.6 Å².